The summed E-state index contributed by atoms with van der Waals surface area (Å²) in [4.78, 5) is 11.1. The molecule has 0 aliphatic heterocycles. The van der Waals surface area contributed by atoms with Gasteiger partial charge in [-0.1, -0.05) is 11.6 Å². The Bertz CT molecular complexity index is 554. The van der Waals surface area contributed by atoms with E-state index in [2.05, 4.69) is 0 Å². The highest BCUT2D eigenvalue weighted by molar-refractivity contribution is 7.92. The third-order valence-electron chi connectivity index (χ3n) is 1.93. The molecule has 0 bridgehead atoms. The fourth-order valence-corrected chi connectivity index (χ4v) is 2.57. The van der Waals surface area contributed by atoms with Crippen LogP contribution in [0.15, 0.2) is 23.1 Å². The Kier molecular flexibility index (Phi) is 4.70. The minimum absolute atomic E-state index is 0.213. The number of ether oxygens (including phenoxy) is 1. The van der Waals surface area contributed by atoms with Gasteiger partial charge in [0.2, 0.25) is 0 Å². The minimum Gasteiger partial charge on any atom is -0.462 e. The third-order valence-corrected chi connectivity index (χ3v) is 3.80. The van der Waals surface area contributed by atoms with Gasteiger partial charge in [-0.05, 0) is 32.0 Å². The summed E-state index contributed by atoms with van der Waals surface area (Å²) in [7, 11) is -3.87. The second-order valence-electron chi connectivity index (χ2n) is 3.87. The van der Waals surface area contributed by atoms with E-state index in [1.807, 2.05) is 0 Å². The second-order valence-corrected chi connectivity index (χ2v) is 6.27. The van der Waals surface area contributed by atoms with E-state index in [1.165, 1.54) is 0 Å². The Morgan fingerprint density at radius 1 is 1.44 bits per heavy atom. The molecule has 0 atom stereocenters. The highest BCUT2D eigenvalue weighted by atomic mass is 35.5. The lowest BCUT2D eigenvalue weighted by Crippen LogP contribution is -2.21. The largest absolute Gasteiger partial charge is 0.462 e. The first-order valence-corrected chi connectivity index (χ1v) is 7.12. The standard InChI is InChI=1S/C11H12ClFO4S/c1-7(2)17-11(14)6-18(15,16)8-3-4-10(13)9(12)5-8/h3-5,7H,6H2,1-2H3. The van der Waals surface area contributed by atoms with E-state index in [-0.39, 0.29) is 9.92 Å². The number of carbonyl (C=O) groups excluding carboxylic acids is 1. The molecule has 7 heteroatoms. The molecule has 0 aliphatic rings. The number of hydrogen-bond acceptors (Lipinski definition) is 4. The highest BCUT2D eigenvalue weighted by Crippen LogP contribution is 2.20. The van der Waals surface area contributed by atoms with E-state index in [4.69, 9.17) is 16.3 Å². The molecule has 0 saturated carbocycles. The smallest absolute Gasteiger partial charge is 0.321 e. The van der Waals surface area contributed by atoms with Gasteiger partial charge in [-0.15, -0.1) is 0 Å². The molecule has 0 unspecified atom stereocenters. The monoisotopic (exact) mass is 294 g/mol. The SMILES string of the molecule is CC(C)OC(=O)CS(=O)(=O)c1ccc(F)c(Cl)c1. The summed E-state index contributed by atoms with van der Waals surface area (Å²) in [5, 5.41) is -0.312. The zero-order valence-electron chi connectivity index (χ0n) is 9.81. The predicted octanol–water partition coefficient (Wildman–Crippen LogP) is 2.20. The Morgan fingerprint density at radius 3 is 2.56 bits per heavy atom. The zero-order chi connectivity index (χ0) is 13.9. The van der Waals surface area contributed by atoms with Crippen molar-refractivity contribution in [2.45, 2.75) is 24.8 Å². The lowest BCUT2D eigenvalue weighted by Gasteiger charge is -2.08. The molecule has 18 heavy (non-hydrogen) atoms. The zero-order valence-corrected chi connectivity index (χ0v) is 11.4. The van der Waals surface area contributed by atoms with Crippen LogP contribution in [0.1, 0.15) is 13.8 Å². The van der Waals surface area contributed by atoms with Crippen LogP contribution >= 0.6 is 11.6 Å². The summed E-state index contributed by atoms with van der Waals surface area (Å²) in [6.45, 7) is 3.22. The molecule has 0 aliphatic carbocycles. The van der Waals surface area contributed by atoms with Gasteiger partial charge in [0.05, 0.1) is 16.0 Å². The van der Waals surface area contributed by atoms with Gasteiger partial charge in [-0.3, -0.25) is 4.79 Å². The molecule has 0 amide bonds. The summed E-state index contributed by atoms with van der Waals surface area (Å²) >= 11 is 5.49. The van der Waals surface area contributed by atoms with Crippen LogP contribution in [0.4, 0.5) is 4.39 Å². The Morgan fingerprint density at radius 2 is 2.06 bits per heavy atom. The van der Waals surface area contributed by atoms with Crippen molar-refractivity contribution in [3.8, 4) is 0 Å². The van der Waals surface area contributed by atoms with E-state index in [0.29, 0.717) is 0 Å². The van der Waals surface area contributed by atoms with E-state index in [0.717, 1.165) is 18.2 Å². The maximum Gasteiger partial charge on any atom is 0.321 e. The Balaban J connectivity index is 2.93. The van der Waals surface area contributed by atoms with Gasteiger partial charge >= 0.3 is 5.97 Å². The number of esters is 1. The van der Waals surface area contributed by atoms with Crippen molar-refractivity contribution in [1.29, 1.82) is 0 Å². The van der Waals surface area contributed by atoms with Crippen molar-refractivity contribution in [3.05, 3.63) is 29.0 Å². The summed E-state index contributed by atoms with van der Waals surface area (Å²) < 4.78 is 41.3. The van der Waals surface area contributed by atoms with Gasteiger partial charge in [-0.2, -0.15) is 0 Å². The molecule has 0 spiro atoms. The van der Waals surface area contributed by atoms with Crippen LogP contribution in [0.3, 0.4) is 0 Å². The van der Waals surface area contributed by atoms with Crippen molar-refractivity contribution >= 4 is 27.4 Å². The van der Waals surface area contributed by atoms with Crippen LogP contribution < -0.4 is 0 Å². The summed E-state index contributed by atoms with van der Waals surface area (Å²) in [5.41, 5.74) is 0. The number of benzene rings is 1. The molecule has 1 aromatic carbocycles. The topological polar surface area (TPSA) is 60.4 Å². The Hall–Kier alpha value is -1.14. The summed E-state index contributed by atoms with van der Waals surface area (Å²) in [6.07, 6.45) is -0.399. The van der Waals surface area contributed by atoms with Gasteiger partial charge in [0.1, 0.15) is 5.82 Å². The molecule has 0 radical (unpaired) electrons. The van der Waals surface area contributed by atoms with Gasteiger partial charge in [0.25, 0.3) is 0 Å². The van der Waals surface area contributed by atoms with Crippen molar-refractivity contribution in [2.24, 2.45) is 0 Å². The van der Waals surface area contributed by atoms with E-state index < -0.39 is 33.5 Å². The predicted molar refractivity (Wildman–Crippen MR) is 64.7 cm³/mol. The van der Waals surface area contributed by atoms with Crippen molar-refractivity contribution < 1.29 is 22.3 Å². The molecule has 0 saturated heterocycles. The fourth-order valence-electron chi connectivity index (χ4n) is 1.21. The highest BCUT2D eigenvalue weighted by Gasteiger charge is 2.22. The quantitative estimate of drug-likeness (QED) is 0.631. The molecular weight excluding hydrogens is 283 g/mol. The Labute approximate surface area is 110 Å². The van der Waals surface area contributed by atoms with Crippen LogP contribution in [0.2, 0.25) is 5.02 Å². The number of carbonyl (C=O) groups is 1. The maximum absolute atomic E-state index is 12.9. The van der Waals surface area contributed by atoms with Gasteiger partial charge in [0, 0.05) is 0 Å². The van der Waals surface area contributed by atoms with Crippen LogP contribution in [0.25, 0.3) is 0 Å². The van der Waals surface area contributed by atoms with Gasteiger partial charge in [-0.25, -0.2) is 12.8 Å². The van der Waals surface area contributed by atoms with Crippen LogP contribution in [0, 0.1) is 5.82 Å². The first-order chi connectivity index (χ1) is 8.22. The number of hydrogen-bond donors (Lipinski definition) is 0. The van der Waals surface area contributed by atoms with Crippen LogP contribution in [-0.2, 0) is 19.4 Å². The van der Waals surface area contributed by atoms with Crippen LogP contribution in [-0.4, -0.2) is 26.2 Å². The first-order valence-electron chi connectivity index (χ1n) is 5.09. The van der Waals surface area contributed by atoms with Gasteiger partial charge < -0.3 is 4.74 Å². The van der Waals surface area contributed by atoms with E-state index >= 15 is 0 Å². The summed E-state index contributed by atoms with van der Waals surface area (Å²) in [5.74, 6) is -2.38. The first kappa shape index (κ1) is 14.9. The minimum atomic E-state index is -3.87. The molecule has 0 heterocycles. The average molecular weight is 295 g/mol. The summed E-state index contributed by atoms with van der Waals surface area (Å²) in [6, 6.07) is 2.96. The lowest BCUT2D eigenvalue weighted by molar-refractivity contribution is -0.144. The number of sulfone groups is 1. The average Bonchev–Trinajstić information content (AvgIpc) is 2.19. The number of rotatable bonds is 4. The maximum atomic E-state index is 12.9. The molecule has 100 valence electrons. The molecule has 1 rings (SSSR count). The van der Waals surface area contributed by atoms with E-state index in [9.17, 15) is 17.6 Å². The van der Waals surface area contributed by atoms with Crippen molar-refractivity contribution in [1.82, 2.24) is 0 Å². The van der Waals surface area contributed by atoms with Crippen molar-refractivity contribution in [2.75, 3.05) is 5.75 Å². The van der Waals surface area contributed by atoms with Gasteiger partial charge in [0.15, 0.2) is 15.6 Å². The molecule has 0 fully saturated rings. The lowest BCUT2D eigenvalue weighted by atomic mass is 10.3. The molecule has 0 aromatic heterocycles. The normalized spacial score (nSPS) is 11.6. The van der Waals surface area contributed by atoms with Crippen molar-refractivity contribution in [3.63, 3.8) is 0 Å². The molecule has 1 aromatic rings. The second kappa shape index (κ2) is 5.67. The van der Waals surface area contributed by atoms with E-state index in [1.54, 1.807) is 13.8 Å². The fraction of sp³-hybridized carbons (Fsp3) is 0.364. The third kappa shape index (κ3) is 3.96. The molecular formula is C11H12ClFO4S. The molecule has 4 nitrogen and oxygen atoms in total. The molecule has 0 N–H and O–H groups in total. The number of halogens is 2. The van der Waals surface area contributed by atoms with Crippen LogP contribution in [0.5, 0.6) is 0 Å².